The second kappa shape index (κ2) is 5.23. The largest absolute Gasteiger partial charge is 0.377 e. The zero-order chi connectivity index (χ0) is 10.7. The van der Waals surface area contributed by atoms with E-state index in [1.807, 2.05) is 0 Å². The molecule has 0 aromatic carbocycles. The summed E-state index contributed by atoms with van der Waals surface area (Å²) in [5, 5.41) is 0.867. The highest BCUT2D eigenvalue weighted by Gasteiger charge is 2.23. The average Bonchev–Trinajstić information content (AvgIpc) is 2.30. The van der Waals surface area contributed by atoms with Crippen molar-refractivity contribution in [3.8, 4) is 0 Å². The molecule has 2 heterocycles. The summed E-state index contributed by atoms with van der Waals surface area (Å²) < 4.78 is 6.31. The van der Waals surface area contributed by atoms with E-state index < -0.39 is 0 Å². The van der Waals surface area contributed by atoms with E-state index in [2.05, 4.69) is 46.7 Å². The van der Waals surface area contributed by atoms with Crippen LogP contribution in [-0.4, -0.2) is 41.1 Å². The average molecular weight is 337 g/mol. The fraction of sp³-hybridized carbons (Fsp3) is 0.556. The summed E-state index contributed by atoms with van der Waals surface area (Å²) >= 11 is 6.80. The molecular weight excluding hydrogens is 326 g/mol. The van der Waals surface area contributed by atoms with Crippen molar-refractivity contribution in [3.63, 3.8) is 0 Å². The molecule has 0 radical (unpaired) electrons. The van der Waals surface area contributed by atoms with Crippen molar-refractivity contribution in [2.75, 3.05) is 30.0 Å². The monoisotopic (exact) mass is 335 g/mol. The third kappa shape index (κ3) is 2.68. The molecule has 15 heavy (non-hydrogen) atoms. The number of halogens is 2. The lowest BCUT2D eigenvalue weighted by Gasteiger charge is -2.34. The lowest BCUT2D eigenvalue weighted by atomic mass is 10.3. The summed E-state index contributed by atoms with van der Waals surface area (Å²) in [5.74, 6) is 0.769. The van der Waals surface area contributed by atoms with Gasteiger partial charge in [-0.1, -0.05) is 15.9 Å². The lowest BCUT2D eigenvalue weighted by molar-refractivity contribution is 0.0995. The number of rotatable bonds is 2. The maximum absolute atomic E-state index is 5.41. The number of ether oxygens (including phenoxy) is 1. The minimum absolute atomic E-state index is 0.319. The molecule has 0 amide bonds. The van der Waals surface area contributed by atoms with E-state index in [-0.39, 0.29) is 0 Å². The molecule has 2 rings (SSSR count). The Hall–Kier alpha value is -0.200. The number of nitrogens with zero attached hydrogens (tertiary/aromatic N) is 3. The fourth-order valence-corrected chi connectivity index (χ4v) is 2.24. The van der Waals surface area contributed by atoms with Gasteiger partial charge in [0.2, 0.25) is 5.95 Å². The van der Waals surface area contributed by atoms with Gasteiger partial charge in [-0.15, -0.1) is 0 Å². The number of anilines is 1. The predicted octanol–water partition coefficient (Wildman–Crippen LogP) is 1.84. The number of hydrogen-bond donors (Lipinski definition) is 0. The molecule has 0 aliphatic carbocycles. The van der Waals surface area contributed by atoms with Crippen LogP contribution < -0.4 is 4.90 Å². The smallest absolute Gasteiger partial charge is 0.225 e. The van der Waals surface area contributed by atoms with Gasteiger partial charge >= 0.3 is 0 Å². The zero-order valence-electron chi connectivity index (χ0n) is 8.07. The van der Waals surface area contributed by atoms with E-state index in [4.69, 9.17) is 4.74 Å². The molecule has 0 bridgehead atoms. The highest BCUT2D eigenvalue weighted by molar-refractivity contribution is 9.10. The molecule has 0 spiro atoms. The molecule has 1 saturated heterocycles. The van der Waals surface area contributed by atoms with E-state index in [1.165, 1.54) is 0 Å². The van der Waals surface area contributed by atoms with E-state index in [9.17, 15) is 0 Å². The van der Waals surface area contributed by atoms with Gasteiger partial charge in [-0.3, -0.25) is 0 Å². The van der Waals surface area contributed by atoms with Crippen LogP contribution in [0.2, 0.25) is 0 Å². The van der Waals surface area contributed by atoms with Crippen molar-refractivity contribution >= 4 is 37.8 Å². The summed E-state index contributed by atoms with van der Waals surface area (Å²) in [6.07, 6.45) is 3.53. The van der Waals surface area contributed by atoms with E-state index in [0.717, 1.165) is 35.5 Å². The van der Waals surface area contributed by atoms with Gasteiger partial charge in [-0.05, 0) is 15.9 Å². The second-order valence-corrected chi connectivity index (χ2v) is 4.84. The van der Waals surface area contributed by atoms with E-state index in [1.54, 1.807) is 12.4 Å². The number of hydrogen-bond acceptors (Lipinski definition) is 4. The highest BCUT2D eigenvalue weighted by atomic mass is 79.9. The van der Waals surface area contributed by atoms with Crippen molar-refractivity contribution in [1.82, 2.24) is 9.97 Å². The molecule has 1 atom stereocenters. The molecule has 1 aromatic heterocycles. The first-order valence-electron chi connectivity index (χ1n) is 4.69. The Morgan fingerprint density at radius 3 is 2.87 bits per heavy atom. The molecule has 82 valence electrons. The minimum atomic E-state index is 0.319. The maximum atomic E-state index is 5.41. The third-order valence-corrected chi connectivity index (χ3v) is 3.43. The van der Waals surface area contributed by atoms with Gasteiger partial charge in [0.15, 0.2) is 0 Å². The van der Waals surface area contributed by atoms with Crippen LogP contribution in [-0.2, 0) is 4.74 Å². The number of aromatic nitrogens is 2. The van der Waals surface area contributed by atoms with Crippen molar-refractivity contribution in [3.05, 3.63) is 16.9 Å². The molecular formula is C9H11Br2N3O. The normalized spacial score (nSPS) is 21.7. The maximum Gasteiger partial charge on any atom is 0.225 e. The Bertz CT molecular complexity index is 320. The number of alkyl halides is 1. The van der Waals surface area contributed by atoms with Crippen LogP contribution in [0.15, 0.2) is 16.9 Å². The van der Waals surface area contributed by atoms with Crippen molar-refractivity contribution in [1.29, 1.82) is 0 Å². The van der Waals surface area contributed by atoms with Crippen molar-refractivity contribution in [2.45, 2.75) is 6.04 Å². The summed E-state index contributed by atoms with van der Waals surface area (Å²) in [6, 6.07) is 0.319. The van der Waals surface area contributed by atoms with Crippen LogP contribution in [0.25, 0.3) is 0 Å². The molecule has 1 unspecified atom stereocenters. The second-order valence-electron chi connectivity index (χ2n) is 3.28. The summed E-state index contributed by atoms with van der Waals surface area (Å²) in [7, 11) is 0. The number of morpholine rings is 1. The van der Waals surface area contributed by atoms with Gasteiger partial charge in [0.25, 0.3) is 0 Å². The summed E-state index contributed by atoms with van der Waals surface area (Å²) in [6.45, 7) is 2.31. The van der Waals surface area contributed by atoms with Crippen LogP contribution in [0.5, 0.6) is 0 Å². The zero-order valence-corrected chi connectivity index (χ0v) is 11.2. The molecule has 6 heteroatoms. The first kappa shape index (κ1) is 11.3. The Morgan fingerprint density at radius 1 is 1.47 bits per heavy atom. The third-order valence-electron chi connectivity index (χ3n) is 2.27. The molecule has 0 saturated carbocycles. The molecule has 1 aliphatic rings. The van der Waals surface area contributed by atoms with Crippen molar-refractivity contribution < 1.29 is 4.74 Å². The van der Waals surface area contributed by atoms with Crippen LogP contribution in [0.3, 0.4) is 0 Å². The minimum Gasteiger partial charge on any atom is -0.377 e. The van der Waals surface area contributed by atoms with Crippen LogP contribution in [0.1, 0.15) is 0 Å². The quantitative estimate of drug-likeness (QED) is 0.772. The SMILES string of the molecule is BrCC1COCCN1c1ncc(Br)cn1. The standard InChI is InChI=1S/C9H11Br2N3O/c10-3-8-6-15-2-1-14(8)9-12-4-7(11)5-13-9/h4-5,8H,1-3,6H2. The molecule has 1 aliphatic heterocycles. The molecule has 1 aromatic rings. The van der Waals surface area contributed by atoms with Crippen LogP contribution in [0, 0.1) is 0 Å². The molecule has 4 nitrogen and oxygen atoms in total. The van der Waals surface area contributed by atoms with E-state index >= 15 is 0 Å². The van der Waals surface area contributed by atoms with Gasteiger partial charge in [0.05, 0.1) is 23.7 Å². The van der Waals surface area contributed by atoms with Gasteiger partial charge < -0.3 is 9.64 Å². The first-order valence-corrected chi connectivity index (χ1v) is 6.60. The van der Waals surface area contributed by atoms with Crippen LogP contribution in [0.4, 0.5) is 5.95 Å². The summed E-state index contributed by atoms with van der Waals surface area (Å²) in [5.41, 5.74) is 0. The first-order chi connectivity index (χ1) is 7.31. The Kier molecular flexibility index (Phi) is 3.93. The van der Waals surface area contributed by atoms with Crippen molar-refractivity contribution in [2.24, 2.45) is 0 Å². The predicted molar refractivity (Wildman–Crippen MR) is 65.5 cm³/mol. The Morgan fingerprint density at radius 2 is 2.20 bits per heavy atom. The van der Waals surface area contributed by atoms with Gasteiger partial charge in [-0.2, -0.15) is 0 Å². The topological polar surface area (TPSA) is 38.2 Å². The Balaban J connectivity index is 2.16. The molecule has 1 fully saturated rings. The molecule has 0 N–H and O–H groups in total. The summed E-state index contributed by atoms with van der Waals surface area (Å²) in [4.78, 5) is 10.8. The highest BCUT2D eigenvalue weighted by Crippen LogP contribution is 2.17. The Labute approximate surface area is 105 Å². The van der Waals surface area contributed by atoms with Crippen LogP contribution >= 0.6 is 31.9 Å². The van der Waals surface area contributed by atoms with Gasteiger partial charge in [0, 0.05) is 24.3 Å². The lowest BCUT2D eigenvalue weighted by Crippen LogP contribution is -2.47. The van der Waals surface area contributed by atoms with Gasteiger partial charge in [0.1, 0.15) is 0 Å². The van der Waals surface area contributed by atoms with E-state index in [0.29, 0.717) is 6.04 Å². The fourth-order valence-electron chi connectivity index (χ4n) is 1.50. The van der Waals surface area contributed by atoms with Gasteiger partial charge in [-0.25, -0.2) is 9.97 Å².